The number of benzene rings is 2. The molecular formula is C24H27N3O3. The van der Waals surface area contributed by atoms with E-state index in [1.54, 1.807) is 22.8 Å². The summed E-state index contributed by atoms with van der Waals surface area (Å²) in [5, 5.41) is 0.482. The number of anilines is 1. The van der Waals surface area contributed by atoms with Gasteiger partial charge in [-0.25, -0.2) is 14.3 Å². The van der Waals surface area contributed by atoms with E-state index in [9.17, 15) is 9.59 Å². The van der Waals surface area contributed by atoms with Gasteiger partial charge in [0.25, 0.3) is 5.56 Å². The van der Waals surface area contributed by atoms with Crippen LogP contribution in [0.3, 0.4) is 0 Å². The van der Waals surface area contributed by atoms with Crippen molar-refractivity contribution in [3.05, 3.63) is 63.4 Å². The highest BCUT2D eigenvalue weighted by Crippen LogP contribution is 2.26. The van der Waals surface area contributed by atoms with Gasteiger partial charge in [0, 0.05) is 13.1 Å². The highest BCUT2D eigenvalue weighted by Gasteiger charge is 2.23. The van der Waals surface area contributed by atoms with Crippen molar-refractivity contribution in [3.8, 4) is 5.69 Å². The molecule has 2 heterocycles. The van der Waals surface area contributed by atoms with Crippen molar-refractivity contribution < 1.29 is 9.53 Å². The standard InChI is InChI=1S/C24H27N3O3/c1-15-7-9-26(10-8-15)24-25-21-14-18(23(29)30-4)5-6-20(21)22(28)27(24)19-12-16(2)11-17(3)13-19/h5-6,11-15H,7-10H2,1-4H3. The van der Waals surface area contributed by atoms with Gasteiger partial charge in [-0.3, -0.25) is 4.79 Å². The second-order valence-corrected chi connectivity index (χ2v) is 8.29. The molecule has 0 bridgehead atoms. The summed E-state index contributed by atoms with van der Waals surface area (Å²) in [4.78, 5) is 32.7. The summed E-state index contributed by atoms with van der Waals surface area (Å²) in [6.07, 6.45) is 2.12. The molecule has 0 aliphatic carbocycles. The maximum atomic E-state index is 13.6. The number of hydrogen-bond acceptors (Lipinski definition) is 5. The highest BCUT2D eigenvalue weighted by atomic mass is 16.5. The minimum Gasteiger partial charge on any atom is -0.465 e. The van der Waals surface area contributed by atoms with Crippen LogP contribution in [0.15, 0.2) is 41.2 Å². The lowest BCUT2D eigenvalue weighted by atomic mass is 9.99. The van der Waals surface area contributed by atoms with Gasteiger partial charge in [0.15, 0.2) is 0 Å². The number of aromatic nitrogens is 2. The molecule has 156 valence electrons. The molecule has 0 spiro atoms. The number of ether oxygens (including phenoxy) is 1. The Morgan fingerprint density at radius 2 is 1.73 bits per heavy atom. The molecule has 6 nitrogen and oxygen atoms in total. The van der Waals surface area contributed by atoms with Crippen LogP contribution in [0.1, 0.15) is 41.3 Å². The van der Waals surface area contributed by atoms with Gasteiger partial charge in [-0.2, -0.15) is 0 Å². The van der Waals surface area contributed by atoms with Crippen LogP contribution in [0.2, 0.25) is 0 Å². The third-order valence-electron chi connectivity index (χ3n) is 5.80. The Hall–Kier alpha value is -3.15. The quantitative estimate of drug-likeness (QED) is 0.616. The molecule has 0 N–H and O–H groups in total. The molecule has 1 aliphatic rings. The molecule has 2 aromatic carbocycles. The third-order valence-corrected chi connectivity index (χ3v) is 5.80. The van der Waals surface area contributed by atoms with Crippen molar-refractivity contribution in [2.75, 3.05) is 25.1 Å². The fourth-order valence-corrected chi connectivity index (χ4v) is 4.15. The van der Waals surface area contributed by atoms with E-state index in [0.717, 1.165) is 42.7 Å². The van der Waals surface area contributed by atoms with Crippen LogP contribution in [0.4, 0.5) is 5.95 Å². The zero-order valence-corrected chi connectivity index (χ0v) is 17.9. The van der Waals surface area contributed by atoms with Crippen molar-refractivity contribution in [3.63, 3.8) is 0 Å². The third kappa shape index (κ3) is 3.70. The second kappa shape index (κ2) is 7.94. The number of methoxy groups -OCH3 is 1. The van der Waals surface area contributed by atoms with Crippen LogP contribution >= 0.6 is 0 Å². The molecule has 1 aromatic heterocycles. The van der Waals surface area contributed by atoms with Gasteiger partial charge in [0.2, 0.25) is 5.95 Å². The van der Waals surface area contributed by atoms with Gasteiger partial charge >= 0.3 is 5.97 Å². The Balaban J connectivity index is 1.97. The van der Waals surface area contributed by atoms with E-state index in [1.807, 2.05) is 26.0 Å². The molecule has 6 heteroatoms. The smallest absolute Gasteiger partial charge is 0.337 e. The number of carbonyl (C=O) groups is 1. The van der Waals surface area contributed by atoms with E-state index < -0.39 is 5.97 Å². The minimum absolute atomic E-state index is 0.130. The van der Waals surface area contributed by atoms with Gasteiger partial charge < -0.3 is 9.64 Å². The van der Waals surface area contributed by atoms with Gasteiger partial charge in [0.1, 0.15) is 0 Å². The van der Waals surface area contributed by atoms with Crippen LogP contribution in [0, 0.1) is 19.8 Å². The molecular weight excluding hydrogens is 378 g/mol. The average molecular weight is 405 g/mol. The van der Waals surface area contributed by atoms with Crippen molar-refractivity contribution in [1.29, 1.82) is 0 Å². The average Bonchev–Trinajstić information content (AvgIpc) is 2.72. The van der Waals surface area contributed by atoms with Crippen LogP contribution in [0.25, 0.3) is 16.6 Å². The van der Waals surface area contributed by atoms with E-state index in [-0.39, 0.29) is 5.56 Å². The van der Waals surface area contributed by atoms with E-state index in [1.165, 1.54) is 7.11 Å². The van der Waals surface area contributed by atoms with Gasteiger partial charge in [-0.05, 0) is 74.1 Å². The molecule has 1 fully saturated rings. The molecule has 1 aliphatic heterocycles. The molecule has 3 aromatic rings. The van der Waals surface area contributed by atoms with Crippen molar-refractivity contribution >= 4 is 22.8 Å². The number of piperidine rings is 1. The summed E-state index contributed by atoms with van der Waals surface area (Å²) < 4.78 is 6.55. The number of esters is 1. The lowest BCUT2D eigenvalue weighted by molar-refractivity contribution is 0.0601. The fraction of sp³-hybridized carbons (Fsp3) is 0.375. The van der Waals surface area contributed by atoms with Crippen molar-refractivity contribution in [2.24, 2.45) is 5.92 Å². The lowest BCUT2D eigenvalue weighted by Gasteiger charge is -2.32. The Morgan fingerprint density at radius 1 is 1.07 bits per heavy atom. The SMILES string of the molecule is COC(=O)c1ccc2c(=O)n(-c3cc(C)cc(C)c3)c(N3CCC(C)CC3)nc2c1. The molecule has 4 rings (SSSR count). The minimum atomic E-state index is -0.439. The normalized spacial score (nSPS) is 14.9. The zero-order valence-electron chi connectivity index (χ0n) is 17.9. The summed E-state index contributed by atoms with van der Waals surface area (Å²) in [6.45, 7) is 8.01. The zero-order chi connectivity index (χ0) is 21.4. The van der Waals surface area contributed by atoms with E-state index >= 15 is 0 Å². The molecule has 0 atom stereocenters. The maximum absolute atomic E-state index is 13.6. The highest BCUT2D eigenvalue weighted by molar-refractivity contribution is 5.94. The lowest BCUT2D eigenvalue weighted by Crippen LogP contribution is -2.38. The fourth-order valence-electron chi connectivity index (χ4n) is 4.15. The molecule has 0 unspecified atom stereocenters. The predicted octanol–water partition coefficient (Wildman–Crippen LogP) is 4.03. The summed E-state index contributed by atoms with van der Waals surface area (Å²) in [6, 6.07) is 11.0. The van der Waals surface area contributed by atoms with E-state index in [0.29, 0.717) is 28.3 Å². The first-order chi connectivity index (χ1) is 14.4. The molecule has 30 heavy (non-hydrogen) atoms. The number of fused-ring (bicyclic) bond motifs is 1. The summed E-state index contributed by atoms with van der Waals surface area (Å²) >= 11 is 0. The largest absolute Gasteiger partial charge is 0.465 e. The first-order valence-electron chi connectivity index (χ1n) is 10.4. The number of nitrogens with zero attached hydrogens (tertiary/aromatic N) is 3. The molecule has 1 saturated heterocycles. The summed E-state index contributed by atoms with van der Waals surface area (Å²) in [7, 11) is 1.35. The first-order valence-corrected chi connectivity index (χ1v) is 10.4. The Labute approximate surface area is 176 Å². The number of hydrogen-bond donors (Lipinski definition) is 0. The van der Waals surface area contributed by atoms with Crippen molar-refractivity contribution in [1.82, 2.24) is 9.55 Å². The van der Waals surface area contributed by atoms with Crippen LogP contribution in [-0.2, 0) is 4.74 Å². The Morgan fingerprint density at radius 3 is 2.37 bits per heavy atom. The molecule has 0 saturated carbocycles. The van der Waals surface area contributed by atoms with Gasteiger partial charge in [0.05, 0.1) is 29.3 Å². The monoisotopic (exact) mass is 405 g/mol. The number of aryl methyl sites for hydroxylation is 2. The Kier molecular flexibility index (Phi) is 5.33. The van der Waals surface area contributed by atoms with Gasteiger partial charge in [-0.1, -0.05) is 13.0 Å². The second-order valence-electron chi connectivity index (χ2n) is 8.29. The number of carbonyl (C=O) groups excluding carboxylic acids is 1. The number of rotatable bonds is 3. The predicted molar refractivity (Wildman–Crippen MR) is 119 cm³/mol. The van der Waals surface area contributed by atoms with Crippen LogP contribution in [0.5, 0.6) is 0 Å². The van der Waals surface area contributed by atoms with Crippen LogP contribution in [-0.4, -0.2) is 35.7 Å². The molecule has 0 amide bonds. The molecule has 0 radical (unpaired) electrons. The summed E-state index contributed by atoms with van der Waals surface area (Å²) in [5.41, 5.74) is 3.77. The van der Waals surface area contributed by atoms with Crippen molar-refractivity contribution in [2.45, 2.75) is 33.6 Å². The van der Waals surface area contributed by atoms with E-state index in [4.69, 9.17) is 9.72 Å². The topological polar surface area (TPSA) is 64.4 Å². The summed E-state index contributed by atoms with van der Waals surface area (Å²) in [5.74, 6) is 0.853. The van der Waals surface area contributed by atoms with E-state index in [2.05, 4.69) is 17.9 Å². The van der Waals surface area contributed by atoms with Crippen LogP contribution < -0.4 is 10.5 Å². The Bertz CT molecular complexity index is 1150. The first kappa shape index (κ1) is 20.1. The van der Waals surface area contributed by atoms with Gasteiger partial charge in [-0.15, -0.1) is 0 Å². The maximum Gasteiger partial charge on any atom is 0.337 e.